The summed E-state index contributed by atoms with van der Waals surface area (Å²) < 4.78 is 6.41. The van der Waals surface area contributed by atoms with Gasteiger partial charge in [0.2, 0.25) is 5.91 Å². The van der Waals surface area contributed by atoms with Gasteiger partial charge in [-0.2, -0.15) is 0 Å². The lowest BCUT2D eigenvalue weighted by Crippen LogP contribution is -2.68. The van der Waals surface area contributed by atoms with E-state index in [2.05, 4.69) is 64.1 Å². The summed E-state index contributed by atoms with van der Waals surface area (Å²) >= 11 is 0. The number of pyridine rings is 1. The fourth-order valence-corrected chi connectivity index (χ4v) is 14.3. The van der Waals surface area contributed by atoms with E-state index in [0.29, 0.717) is 30.2 Å². The summed E-state index contributed by atoms with van der Waals surface area (Å²) in [6, 6.07) is 3.48. The minimum Gasteiger partial charge on any atom is -0.481 e. The molecule has 5 fully saturated rings. The fourth-order valence-electron chi connectivity index (χ4n) is 14.3. The number of hydrogen-bond acceptors (Lipinski definition) is 7. The van der Waals surface area contributed by atoms with Gasteiger partial charge >= 0.3 is 11.9 Å². The summed E-state index contributed by atoms with van der Waals surface area (Å²) in [6.07, 6.45) is 9.20. The number of nitrogens with zero attached hydrogens (tertiary/aromatic N) is 1. The molecule has 2 amide bonds. The second-order valence-electron chi connectivity index (χ2n) is 22.3. The van der Waals surface area contributed by atoms with E-state index < -0.39 is 34.3 Å². The van der Waals surface area contributed by atoms with Crippen molar-refractivity contribution in [2.45, 2.75) is 164 Å². The van der Waals surface area contributed by atoms with Crippen LogP contribution in [-0.4, -0.2) is 56.8 Å². The number of allylic oxidation sites excluding steroid dienone is 1. The van der Waals surface area contributed by atoms with Crippen molar-refractivity contribution >= 4 is 29.5 Å². The molecule has 3 N–H and O–H groups in total. The Bertz CT molecular complexity index is 1950. The smallest absolute Gasteiger partial charge is 0.309 e. The number of ketones is 1. The number of aryl methyl sites for hydroxylation is 1. The number of Topliss-reactive ketones (excluding diaryl/α,β-unsaturated/α-hetero) is 1. The number of nitrogens with one attached hydrogen (secondary N) is 2. The van der Waals surface area contributed by atoms with Gasteiger partial charge in [0, 0.05) is 23.7 Å². The molecule has 0 spiro atoms. The molecule has 1 aromatic rings. The van der Waals surface area contributed by atoms with Crippen LogP contribution in [-0.2, 0) is 23.9 Å². The van der Waals surface area contributed by atoms with E-state index in [-0.39, 0.29) is 69.6 Å². The summed E-state index contributed by atoms with van der Waals surface area (Å²) in [5, 5.41) is 16.1. The number of carboxylic acids is 1. The molecule has 10 atom stereocenters. The van der Waals surface area contributed by atoms with Crippen LogP contribution in [0.4, 0.5) is 0 Å². The van der Waals surface area contributed by atoms with Gasteiger partial charge in [-0.3, -0.25) is 29.0 Å². The van der Waals surface area contributed by atoms with E-state index >= 15 is 0 Å². The van der Waals surface area contributed by atoms with Gasteiger partial charge in [-0.25, -0.2) is 0 Å². The highest BCUT2D eigenvalue weighted by atomic mass is 16.5. The predicted octanol–water partition coefficient (Wildman–Crippen LogP) is 8.41. The average Bonchev–Trinajstić information content (AvgIpc) is 3.41. The standard InChI is InChI=1S/C48H69N3O7/c1-26(2)36-32(52)24-48(51-41(57)44(8,9)50-38(53)28-14-13-27(3)49-25-28)22-21-46(11)29(37(36)48)15-16-34-45(10)19-18-35(43(6,7)33(45)17-20-47(34,46)12)58-40(56)31-23-30(39(54)55)42(31,4)5/h13-14,25-26,29-31,33-35H,15-24H2,1-12H3,(H,50,53)(H,51,57)(H,54,55)/t29-,30+,31?,33+,34-,35+,45+,46-,47-,48-/m1/s1. The highest BCUT2D eigenvalue weighted by Gasteiger charge is 2.71. The number of hydrogen-bond donors (Lipinski definition) is 3. The topological polar surface area (TPSA) is 152 Å². The number of carbonyl (C=O) groups is 5. The van der Waals surface area contributed by atoms with Gasteiger partial charge in [0.25, 0.3) is 5.91 Å². The molecule has 0 saturated heterocycles. The molecule has 10 nitrogen and oxygen atoms in total. The predicted molar refractivity (Wildman–Crippen MR) is 221 cm³/mol. The molecule has 0 aromatic carbocycles. The minimum absolute atomic E-state index is 0.0171. The zero-order valence-electron chi connectivity index (χ0n) is 37.2. The lowest BCUT2D eigenvalue weighted by molar-refractivity contribution is -0.235. The molecule has 6 aliphatic carbocycles. The highest BCUT2D eigenvalue weighted by molar-refractivity contribution is 6.03. The SMILES string of the molecule is Cc1ccc(C(=O)NC(C)(C)C(=O)N[C@@]23CC[C@]4(C)[C@H](CC[C@@H]5[C@@]6(C)CC[C@H](OC(=O)C7C[C@@H](C(=O)O)C7(C)C)C(C)(C)[C@@H]6CC[C@]54C)C2=C(C(C)C)C(=O)C3)cn1. The first-order valence-corrected chi connectivity index (χ1v) is 22.1. The Balaban J connectivity index is 1.13. The number of amides is 2. The van der Waals surface area contributed by atoms with Crippen LogP contribution < -0.4 is 10.6 Å². The maximum Gasteiger partial charge on any atom is 0.309 e. The molecule has 1 heterocycles. The third kappa shape index (κ3) is 6.13. The molecule has 0 bridgehead atoms. The van der Waals surface area contributed by atoms with Gasteiger partial charge in [-0.05, 0) is 147 Å². The molecule has 318 valence electrons. The molecule has 6 aliphatic rings. The van der Waals surface area contributed by atoms with E-state index in [1.807, 2.05) is 20.8 Å². The van der Waals surface area contributed by atoms with E-state index in [0.717, 1.165) is 61.8 Å². The number of esters is 1. The summed E-state index contributed by atoms with van der Waals surface area (Å²) in [5.74, 6) is -1.63. The first kappa shape index (κ1) is 42.6. The molecule has 0 aliphatic heterocycles. The number of aromatic nitrogens is 1. The monoisotopic (exact) mass is 800 g/mol. The Labute approximate surface area is 345 Å². The molecule has 58 heavy (non-hydrogen) atoms. The van der Waals surface area contributed by atoms with Crippen molar-refractivity contribution in [2.24, 2.45) is 62.6 Å². The van der Waals surface area contributed by atoms with Crippen LogP contribution in [0, 0.1) is 69.5 Å². The molecule has 10 heteroatoms. The van der Waals surface area contributed by atoms with Crippen molar-refractivity contribution in [3.63, 3.8) is 0 Å². The highest BCUT2D eigenvalue weighted by Crippen LogP contribution is 2.76. The molecule has 7 rings (SSSR count). The van der Waals surface area contributed by atoms with E-state index in [4.69, 9.17) is 4.74 Å². The van der Waals surface area contributed by atoms with Gasteiger partial charge in [0.15, 0.2) is 5.78 Å². The van der Waals surface area contributed by atoms with Crippen molar-refractivity contribution in [1.82, 2.24) is 15.6 Å². The summed E-state index contributed by atoms with van der Waals surface area (Å²) in [6.45, 7) is 25.4. The van der Waals surface area contributed by atoms with Crippen molar-refractivity contribution in [3.05, 3.63) is 40.7 Å². The summed E-state index contributed by atoms with van der Waals surface area (Å²) in [4.78, 5) is 71.5. The number of fused-ring (bicyclic) bond motifs is 7. The van der Waals surface area contributed by atoms with Crippen molar-refractivity contribution in [3.8, 4) is 0 Å². The summed E-state index contributed by atoms with van der Waals surface area (Å²) in [5.41, 5.74) is 0.207. The Morgan fingerprint density at radius 1 is 0.862 bits per heavy atom. The van der Waals surface area contributed by atoms with E-state index in [1.165, 1.54) is 6.20 Å². The average molecular weight is 800 g/mol. The lowest BCUT2D eigenvalue weighted by Gasteiger charge is -2.72. The second kappa shape index (κ2) is 13.7. The zero-order valence-corrected chi connectivity index (χ0v) is 37.2. The van der Waals surface area contributed by atoms with Crippen LogP contribution in [0.25, 0.3) is 0 Å². The van der Waals surface area contributed by atoms with E-state index in [9.17, 15) is 29.1 Å². The maximum atomic E-state index is 14.4. The van der Waals surface area contributed by atoms with Crippen LogP contribution in [0.5, 0.6) is 0 Å². The first-order valence-electron chi connectivity index (χ1n) is 22.1. The molecule has 1 unspecified atom stereocenters. The van der Waals surface area contributed by atoms with Gasteiger partial charge in [-0.15, -0.1) is 0 Å². The Hall–Kier alpha value is -3.56. The van der Waals surface area contributed by atoms with Crippen LogP contribution >= 0.6 is 0 Å². The third-order valence-electron chi connectivity index (χ3n) is 18.0. The van der Waals surface area contributed by atoms with Crippen LogP contribution in [0.1, 0.15) is 156 Å². The van der Waals surface area contributed by atoms with E-state index in [1.54, 1.807) is 26.0 Å². The number of carbonyl (C=O) groups excluding carboxylic acids is 4. The molecule has 1 aromatic heterocycles. The number of ether oxygens (including phenoxy) is 1. The first-order chi connectivity index (χ1) is 26.8. The zero-order chi connectivity index (χ0) is 42.8. The molecular weight excluding hydrogens is 731 g/mol. The van der Waals surface area contributed by atoms with Crippen molar-refractivity contribution in [2.75, 3.05) is 0 Å². The Morgan fingerprint density at radius 2 is 1.55 bits per heavy atom. The van der Waals surface area contributed by atoms with Gasteiger partial charge < -0.3 is 20.5 Å². The quantitative estimate of drug-likeness (QED) is 0.222. The normalized spacial score (nSPS) is 38.7. The van der Waals surface area contributed by atoms with Crippen molar-refractivity contribution in [1.29, 1.82) is 0 Å². The number of aliphatic carboxylic acids is 1. The number of carboxylic acid groups (broad SMARTS) is 1. The largest absolute Gasteiger partial charge is 0.481 e. The van der Waals surface area contributed by atoms with Gasteiger partial charge in [0.1, 0.15) is 11.6 Å². The molecule has 5 saturated carbocycles. The maximum absolute atomic E-state index is 14.4. The summed E-state index contributed by atoms with van der Waals surface area (Å²) in [7, 11) is 0. The van der Waals surface area contributed by atoms with Gasteiger partial charge in [-0.1, -0.05) is 62.3 Å². The van der Waals surface area contributed by atoms with Crippen LogP contribution in [0.3, 0.4) is 0 Å². The van der Waals surface area contributed by atoms with Crippen molar-refractivity contribution < 1.29 is 33.8 Å². The second-order valence-corrected chi connectivity index (χ2v) is 22.3. The number of rotatable bonds is 8. The fraction of sp³-hybridized carbons (Fsp3) is 0.750. The van der Waals surface area contributed by atoms with Crippen LogP contribution in [0.15, 0.2) is 29.5 Å². The molecular formula is C48H69N3O7. The van der Waals surface area contributed by atoms with Gasteiger partial charge in [0.05, 0.1) is 22.9 Å². The molecule has 0 radical (unpaired) electrons. The third-order valence-corrected chi connectivity index (χ3v) is 18.0. The van der Waals surface area contributed by atoms with Crippen LogP contribution in [0.2, 0.25) is 0 Å². The Morgan fingerprint density at radius 3 is 2.16 bits per heavy atom. The lowest BCUT2D eigenvalue weighted by atomic mass is 9.33. The minimum atomic E-state index is -1.24. The Kier molecular flexibility index (Phi) is 10.1.